The minimum Gasteiger partial charge on any atom is -0.337 e. The standard InChI is InChI=1S/C13H18N6O/c1-10-15-13(17-16-10)19-6-4-18(5-7-19)9-11-2-3-14-12(20)8-11/h2-3,8H,4-7,9H2,1H3,(H,14,20)(H,15,16,17). The Bertz CT molecular complexity index is 626. The van der Waals surface area contributed by atoms with E-state index < -0.39 is 0 Å². The van der Waals surface area contributed by atoms with Crippen LogP contribution in [0.4, 0.5) is 5.95 Å². The third kappa shape index (κ3) is 2.88. The molecule has 2 aromatic heterocycles. The van der Waals surface area contributed by atoms with E-state index in [2.05, 4.69) is 30.0 Å². The van der Waals surface area contributed by atoms with E-state index in [4.69, 9.17) is 0 Å². The fraction of sp³-hybridized carbons (Fsp3) is 0.462. The van der Waals surface area contributed by atoms with E-state index in [0.29, 0.717) is 0 Å². The highest BCUT2D eigenvalue weighted by atomic mass is 16.1. The maximum absolute atomic E-state index is 11.3. The first-order valence-corrected chi connectivity index (χ1v) is 6.74. The Morgan fingerprint density at radius 3 is 2.75 bits per heavy atom. The van der Waals surface area contributed by atoms with Crippen molar-refractivity contribution in [3.05, 3.63) is 40.1 Å². The number of hydrogen-bond acceptors (Lipinski definition) is 5. The summed E-state index contributed by atoms with van der Waals surface area (Å²) in [4.78, 5) is 22.8. The van der Waals surface area contributed by atoms with Gasteiger partial charge in [-0.1, -0.05) is 0 Å². The van der Waals surface area contributed by atoms with Crippen molar-refractivity contribution in [2.45, 2.75) is 13.5 Å². The monoisotopic (exact) mass is 274 g/mol. The molecule has 3 heterocycles. The van der Waals surface area contributed by atoms with Crippen LogP contribution in [0.25, 0.3) is 0 Å². The molecule has 0 unspecified atom stereocenters. The molecule has 7 heteroatoms. The zero-order valence-corrected chi connectivity index (χ0v) is 11.5. The lowest BCUT2D eigenvalue weighted by Crippen LogP contribution is -2.46. The summed E-state index contributed by atoms with van der Waals surface area (Å²) in [5.74, 6) is 1.62. The fourth-order valence-corrected chi connectivity index (χ4v) is 2.42. The van der Waals surface area contributed by atoms with Crippen molar-refractivity contribution in [2.24, 2.45) is 0 Å². The second-order valence-electron chi connectivity index (χ2n) is 5.05. The molecule has 0 saturated carbocycles. The number of nitrogens with zero attached hydrogens (tertiary/aromatic N) is 4. The Morgan fingerprint density at radius 2 is 2.10 bits per heavy atom. The SMILES string of the molecule is Cc1nc(N2CCN(Cc3cc[nH]c(=O)c3)CC2)n[nH]1. The Balaban J connectivity index is 1.57. The van der Waals surface area contributed by atoms with Crippen LogP contribution in [0.2, 0.25) is 0 Å². The van der Waals surface area contributed by atoms with Crippen molar-refractivity contribution < 1.29 is 0 Å². The van der Waals surface area contributed by atoms with Crippen LogP contribution < -0.4 is 10.5 Å². The highest BCUT2D eigenvalue weighted by Crippen LogP contribution is 2.12. The summed E-state index contributed by atoms with van der Waals surface area (Å²) in [6, 6.07) is 3.61. The second-order valence-corrected chi connectivity index (χ2v) is 5.05. The minimum atomic E-state index is -0.0441. The largest absolute Gasteiger partial charge is 0.337 e. The number of piperazine rings is 1. The first-order chi connectivity index (χ1) is 9.70. The van der Waals surface area contributed by atoms with Crippen molar-refractivity contribution in [1.29, 1.82) is 0 Å². The van der Waals surface area contributed by atoms with Gasteiger partial charge in [0.05, 0.1) is 0 Å². The number of aryl methyl sites for hydroxylation is 1. The van der Waals surface area contributed by atoms with Gasteiger partial charge in [0.25, 0.3) is 0 Å². The topological polar surface area (TPSA) is 80.9 Å². The predicted molar refractivity (Wildman–Crippen MR) is 75.7 cm³/mol. The van der Waals surface area contributed by atoms with Gasteiger partial charge in [0.2, 0.25) is 11.5 Å². The van der Waals surface area contributed by atoms with E-state index in [9.17, 15) is 4.79 Å². The Hall–Kier alpha value is -2.15. The summed E-state index contributed by atoms with van der Waals surface area (Å²) >= 11 is 0. The number of anilines is 1. The lowest BCUT2D eigenvalue weighted by molar-refractivity contribution is 0.248. The molecule has 1 aliphatic heterocycles. The second kappa shape index (κ2) is 5.46. The Labute approximate surface area is 116 Å². The predicted octanol–water partition coefficient (Wildman–Crippen LogP) is 0.124. The van der Waals surface area contributed by atoms with Crippen LogP contribution >= 0.6 is 0 Å². The van der Waals surface area contributed by atoms with Crippen LogP contribution in [0.3, 0.4) is 0 Å². The van der Waals surface area contributed by atoms with Gasteiger partial charge >= 0.3 is 0 Å². The van der Waals surface area contributed by atoms with Crippen molar-refractivity contribution in [3.8, 4) is 0 Å². The molecule has 1 fully saturated rings. The van der Waals surface area contributed by atoms with Crippen molar-refractivity contribution >= 4 is 5.95 Å². The number of rotatable bonds is 3. The summed E-state index contributed by atoms with van der Waals surface area (Å²) in [6.07, 6.45) is 1.70. The van der Waals surface area contributed by atoms with E-state index in [1.54, 1.807) is 12.3 Å². The van der Waals surface area contributed by atoms with Gasteiger partial charge in [-0.2, -0.15) is 4.98 Å². The van der Waals surface area contributed by atoms with Gasteiger partial charge in [0, 0.05) is 45.0 Å². The van der Waals surface area contributed by atoms with Gasteiger partial charge in [-0.3, -0.25) is 14.8 Å². The molecule has 7 nitrogen and oxygen atoms in total. The molecule has 1 saturated heterocycles. The van der Waals surface area contributed by atoms with Gasteiger partial charge in [0.1, 0.15) is 5.82 Å². The van der Waals surface area contributed by atoms with E-state index in [-0.39, 0.29) is 5.56 Å². The van der Waals surface area contributed by atoms with Crippen LogP contribution in [0.1, 0.15) is 11.4 Å². The molecular formula is C13H18N6O. The van der Waals surface area contributed by atoms with Crippen LogP contribution in [-0.2, 0) is 6.54 Å². The molecule has 106 valence electrons. The molecule has 2 aromatic rings. The zero-order valence-electron chi connectivity index (χ0n) is 11.5. The third-order valence-corrected chi connectivity index (χ3v) is 3.49. The number of aromatic nitrogens is 4. The average molecular weight is 274 g/mol. The quantitative estimate of drug-likeness (QED) is 0.831. The molecule has 3 rings (SSSR count). The van der Waals surface area contributed by atoms with E-state index in [1.165, 1.54) is 0 Å². The molecule has 1 aliphatic rings. The number of nitrogens with one attached hydrogen (secondary N) is 2. The number of hydrogen-bond donors (Lipinski definition) is 2. The maximum Gasteiger partial charge on any atom is 0.248 e. The normalized spacial score (nSPS) is 16.6. The van der Waals surface area contributed by atoms with Gasteiger partial charge < -0.3 is 9.88 Å². The van der Waals surface area contributed by atoms with Crippen LogP contribution in [-0.4, -0.2) is 51.2 Å². The van der Waals surface area contributed by atoms with E-state index >= 15 is 0 Å². The molecule has 0 aromatic carbocycles. The lowest BCUT2D eigenvalue weighted by Gasteiger charge is -2.34. The van der Waals surface area contributed by atoms with Gasteiger partial charge in [-0.15, -0.1) is 5.10 Å². The highest BCUT2D eigenvalue weighted by molar-refractivity contribution is 5.29. The molecule has 0 bridgehead atoms. The first-order valence-electron chi connectivity index (χ1n) is 6.74. The first kappa shape index (κ1) is 12.9. The van der Waals surface area contributed by atoms with Crippen LogP contribution in [0.5, 0.6) is 0 Å². The Morgan fingerprint density at radius 1 is 1.30 bits per heavy atom. The molecule has 2 N–H and O–H groups in total. The molecule has 20 heavy (non-hydrogen) atoms. The molecule has 0 radical (unpaired) electrons. The minimum absolute atomic E-state index is 0.0441. The smallest absolute Gasteiger partial charge is 0.248 e. The Kier molecular flexibility index (Phi) is 3.51. The van der Waals surface area contributed by atoms with Crippen LogP contribution in [0.15, 0.2) is 23.1 Å². The molecular weight excluding hydrogens is 256 g/mol. The molecule has 0 amide bonds. The van der Waals surface area contributed by atoms with Crippen molar-refractivity contribution in [1.82, 2.24) is 25.1 Å². The molecule has 0 atom stereocenters. The molecule has 0 spiro atoms. The summed E-state index contributed by atoms with van der Waals surface area (Å²) in [6.45, 7) is 6.41. The van der Waals surface area contributed by atoms with Crippen molar-refractivity contribution in [2.75, 3.05) is 31.1 Å². The van der Waals surface area contributed by atoms with E-state index in [0.717, 1.165) is 50.1 Å². The van der Waals surface area contributed by atoms with Crippen LogP contribution in [0, 0.1) is 6.92 Å². The van der Waals surface area contributed by atoms with Gasteiger partial charge in [-0.25, -0.2) is 0 Å². The fourth-order valence-electron chi connectivity index (χ4n) is 2.42. The number of aromatic amines is 2. The van der Waals surface area contributed by atoms with Crippen molar-refractivity contribution in [3.63, 3.8) is 0 Å². The zero-order chi connectivity index (χ0) is 13.9. The third-order valence-electron chi connectivity index (χ3n) is 3.49. The van der Waals surface area contributed by atoms with Gasteiger partial charge in [-0.05, 0) is 18.6 Å². The maximum atomic E-state index is 11.3. The number of pyridine rings is 1. The summed E-state index contributed by atoms with van der Waals surface area (Å²) < 4.78 is 0. The average Bonchev–Trinajstić information content (AvgIpc) is 2.86. The molecule has 0 aliphatic carbocycles. The highest BCUT2D eigenvalue weighted by Gasteiger charge is 2.19. The summed E-state index contributed by atoms with van der Waals surface area (Å²) in [7, 11) is 0. The lowest BCUT2D eigenvalue weighted by atomic mass is 10.2. The summed E-state index contributed by atoms with van der Waals surface area (Å²) in [5.41, 5.74) is 1.01. The number of H-pyrrole nitrogens is 2. The van der Waals surface area contributed by atoms with Gasteiger partial charge in [0.15, 0.2) is 0 Å². The summed E-state index contributed by atoms with van der Waals surface area (Å²) in [5, 5.41) is 7.05. The van der Waals surface area contributed by atoms with E-state index in [1.807, 2.05) is 13.0 Å².